The van der Waals surface area contributed by atoms with Crippen molar-refractivity contribution in [3.63, 3.8) is 0 Å². The molecule has 1 saturated heterocycles. The van der Waals surface area contributed by atoms with Crippen molar-refractivity contribution in [2.24, 2.45) is 0 Å². The number of benzene rings is 1. The fourth-order valence-corrected chi connectivity index (χ4v) is 3.99. The van der Waals surface area contributed by atoms with Crippen LogP contribution in [0.25, 0.3) is 6.08 Å². The molecule has 22 heavy (non-hydrogen) atoms. The Morgan fingerprint density at radius 3 is 2.77 bits per heavy atom. The normalized spacial score (nSPS) is 16.5. The topological polar surface area (TPSA) is 60.4 Å². The van der Waals surface area contributed by atoms with Crippen LogP contribution in [0, 0.1) is 0 Å². The van der Waals surface area contributed by atoms with E-state index >= 15 is 0 Å². The molecular formula is C15H8NO3S3-. The lowest BCUT2D eigenvalue weighted by molar-refractivity contribution is -0.255. The van der Waals surface area contributed by atoms with E-state index < -0.39 is 5.97 Å². The maximum Gasteiger partial charge on any atom is 0.270 e. The van der Waals surface area contributed by atoms with Gasteiger partial charge < -0.3 is 9.90 Å². The summed E-state index contributed by atoms with van der Waals surface area (Å²) >= 11 is 7.98. The van der Waals surface area contributed by atoms with Crippen LogP contribution in [0.4, 0.5) is 5.69 Å². The molecule has 0 saturated carbocycles. The lowest BCUT2D eigenvalue weighted by atomic mass is 10.2. The van der Waals surface area contributed by atoms with Crippen LogP contribution < -0.4 is 10.0 Å². The van der Waals surface area contributed by atoms with Crippen LogP contribution in [0.2, 0.25) is 0 Å². The first kappa shape index (κ1) is 15.0. The Morgan fingerprint density at radius 2 is 2.09 bits per heavy atom. The summed E-state index contributed by atoms with van der Waals surface area (Å²) in [7, 11) is 0. The molecule has 0 N–H and O–H groups in total. The molecule has 2 heterocycles. The number of thiophene rings is 1. The second kappa shape index (κ2) is 6.04. The van der Waals surface area contributed by atoms with Gasteiger partial charge in [0.05, 0.1) is 16.6 Å². The number of carbonyl (C=O) groups is 2. The van der Waals surface area contributed by atoms with Gasteiger partial charge in [-0.2, -0.15) is 0 Å². The van der Waals surface area contributed by atoms with E-state index in [0.29, 0.717) is 14.9 Å². The molecule has 3 rings (SSSR count). The molecule has 1 aliphatic rings. The summed E-state index contributed by atoms with van der Waals surface area (Å²) in [6.07, 6.45) is 1.78. The monoisotopic (exact) mass is 346 g/mol. The van der Waals surface area contributed by atoms with Crippen LogP contribution in [0.1, 0.15) is 15.2 Å². The molecule has 1 fully saturated rings. The van der Waals surface area contributed by atoms with E-state index in [4.69, 9.17) is 12.2 Å². The second-order valence-corrected chi connectivity index (χ2v) is 7.03. The molecule has 1 amide bonds. The number of hydrogen-bond donors (Lipinski definition) is 0. The van der Waals surface area contributed by atoms with E-state index in [1.807, 2.05) is 17.5 Å². The van der Waals surface area contributed by atoms with E-state index in [0.717, 1.165) is 4.88 Å². The molecule has 0 radical (unpaired) electrons. The first-order valence-corrected chi connectivity index (χ1v) is 8.29. The number of amides is 1. The zero-order valence-electron chi connectivity index (χ0n) is 11.0. The number of nitrogens with zero attached hydrogens (tertiary/aromatic N) is 1. The van der Waals surface area contributed by atoms with Gasteiger partial charge in [0, 0.05) is 4.88 Å². The van der Waals surface area contributed by atoms with Crippen molar-refractivity contribution < 1.29 is 14.7 Å². The van der Waals surface area contributed by atoms with Crippen LogP contribution in [-0.2, 0) is 4.79 Å². The van der Waals surface area contributed by atoms with Crippen molar-refractivity contribution in [2.45, 2.75) is 0 Å². The van der Waals surface area contributed by atoms with E-state index in [-0.39, 0.29) is 11.5 Å². The summed E-state index contributed by atoms with van der Waals surface area (Å²) in [5.74, 6) is -1.54. The molecule has 2 aromatic rings. The fraction of sp³-hybridized carbons (Fsp3) is 0. The highest BCUT2D eigenvalue weighted by molar-refractivity contribution is 8.27. The highest BCUT2D eigenvalue weighted by Gasteiger charge is 2.33. The van der Waals surface area contributed by atoms with Gasteiger partial charge in [-0.25, -0.2) is 0 Å². The number of hydrogen-bond acceptors (Lipinski definition) is 6. The molecule has 0 spiro atoms. The lowest BCUT2D eigenvalue weighted by Crippen LogP contribution is -2.28. The minimum Gasteiger partial charge on any atom is -0.545 e. The highest BCUT2D eigenvalue weighted by Crippen LogP contribution is 2.36. The Balaban J connectivity index is 1.95. The van der Waals surface area contributed by atoms with Gasteiger partial charge in [0.2, 0.25) is 0 Å². The van der Waals surface area contributed by atoms with Gasteiger partial charge >= 0.3 is 0 Å². The summed E-state index contributed by atoms with van der Waals surface area (Å²) in [4.78, 5) is 26.3. The van der Waals surface area contributed by atoms with Crippen molar-refractivity contribution in [2.75, 3.05) is 4.90 Å². The van der Waals surface area contributed by atoms with Gasteiger partial charge in [-0.05, 0) is 35.2 Å². The van der Waals surface area contributed by atoms with Crippen LogP contribution in [0.15, 0.2) is 46.7 Å². The first-order valence-electron chi connectivity index (χ1n) is 6.19. The molecule has 0 atom stereocenters. The summed E-state index contributed by atoms with van der Waals surface area (Å²) in [5.41, 5.74) is 0.438. The SMILES string of the molecule is O=C([O-])c1cccc(N2C(=O)/C(=C/c3cccs3)SC2=S)c1. The Morgan fingerprint density at radius 1 is 1.27 bits per heavy atom. The maximum absolute atomic E-state index is 12.5. The molecule has 1 aromatic carbocycles. The van der Waals surface area contributed by atoms with Gasteiger partial charge in [0.25, 0.3) is 5.91 Å². The van der Waals surface area contributed by atoms with Crippen LogP contribution in [0.3, 0.4) is 0 Å². The minimum atomic E-state index is -1.29. The molecule has 0 bridgehead atoms. The lowest BCUT2D eigenvalue weighted by Gasteiger charge is -2.15. The van der Waals surface area contributed by atoms with Gasteiger partial charge in [-0.3, -0.25) is 9.69 Å². The predicted molar refractivity (Wildman–Crippen MR) is 90.7 cm³/mol. The van der Waals surface area contributed by atoms with Crippen molar-refractivity contribution in [3.05, 3.63) is 57.1 Å². The Kier molecular flexibility index (Phi) is 4.10. The molecule has 0 unspecified atom stereocenters. The van der Waals surface area contributed by atoms with Gasteiger partial charge in [0.15, 0.2) is 4.32 Å². The molecule has 1 aromatic heterocycles. The average molecular weight is 346 g/mol. The molecule has 4 nitrogen and oxygen atoms in total. The number of carbonyl (C=O) groups excluding carboxylic acids is 2. The van der Waals surface area contributed by atoms with E-state index in [9.17, 15) is 14.7 Å². The third-order valence-electron chi connectivity index (χ3n) is 2.95. The molecule has 1 aliphatic heterocycles. The quantitative estimate of drug-likeness (QED) is 0.631. The fourth-order valence-electron chi connectivity index (χ4n) is 1.96. The zero-order valence-corrected chi connectivity index (χ0v) is 13.5. The molecular weight excluding hydrogens is 338 g/mol. The van der Waals surface area contributed by atoms with Gasteiger partial charge in [-0.1, -0.05) is 42.2 Å². The number of thioether (sulfide) groups is 1. The van der Waals surface area contributed by atoms with Crippen molar-refractivity contribution in [1.82, 2.24) is 0 Å². The van der Waals surface area contributed by atoms with Crippen molar-refractivity contribution >= 4 is 63.3 Å². The molecule has 7 heteroatoms. The van der Waals surface area contributed by atoms with Gasteiger partial charge in [-0.15, -0.1) is 11.3 Å². The average Bonchev–Trinajstić information content (AvgIpc) is 3.08. The zero-order chi connectivity index (χ0) is 15.7. The van der Waals surface area contributed by atoms with Gasteiger partial charge in [0.1, 0.15) is 0 Å². The molecule has 0 aliphatic carbocycles. The van der Waals surface area contributed by atoms with Crippen molar-refractivity contribution in [3.8, 4) is 0 Å². The van der Waals surface area contributed by atoms with Crippen LogP contribution in [0.5, 0.6) is 0 Å². The summed E-state index contributed by atoms with van der Waals surface area (Å²) < 4.78 is 0.378. The maximum atomic E-state index is 12.5. The predicted octanol–water partition coefficient (Wildman–Crippen LogP) is 2.52. The van der Waals surface area contributed by atoms with Crippen LogP contribution in [-0.4, -0.2) is 16.2 Å². The number of carboxylic acid groups (broad SMARTS) is 1. The second-order valence-electron chi connectivity index (χ2n) is 4.37. The summed E-state index contributed by atoms with van der Waals surface area (Å²) in [5, 5.41) is 12.9. The van der Waals surface area contributed by atoms with E-state index in [1.165, 1.54) is 40.1 Å². The number of carboxylic acids is 1. The number of anilines is 1. The third-order valence-corrected chi connectivity index (χ3v) is 5.07. The smallest absolute Gasteiger partial charge is 0.270 e. The van der Waals surface area contributed by atoms with E-state index in [1.54, 1.807) is 18.2 Å². The Hall–Kier alpha value is -1.96. The largest absolute Gasteiger partial charge is 0.545 e. The van der Waals surface area contributed by atoms with Crippen LogP contribution >= 0.6 is 35.3 Å². The Labute approximate surface area is 140 Å². The summed E-state index contributed by atoms with van der Waals surface area (Å²) in [6, 6.07) is 9.81. The first-order chi connectivity index (χ1) is 10.6. The number of thiocarbonyl (C=S) groups is 1. The van der Waals surface area contributed by atoms with Crippen molar-refractivity contribution in [1.29, 1.82) is 0 Å². The standard InChI is InChI=1S/C15H9NO3S3/c17-13-12(8-11-5-2-6-21-11)22-15(20)16(13)10-4-1-3-9(7-10)14(18)19/h1-8H,(H,18,19)/p-1/b12-8-. The Bertz CT molecular complexity index is 796. The minimum absolute atomic E-state index is 0.00814. The number of aromatic carboxylic acids is 1. The number of rotatable bonds is 3. The summed E-state index contributed by atoms with van der Waals surface area (Å²) in [6.45, 7) is 0. The molecule has 110 valence electrons. The van der Waals surface area contributed by atoms with E-state index in [2.05, 4.69) is 0 Å². The third kappa shape index (κ3) is 2.83. The highest BCUT2D eigenvalue weighted by atomic mass is 32.2.